The van der Waals surface area contributed by atoms with E-state index in [1.54, 1.807) is 0 Å². The van der Waals surface area contributed by atoms with E-state index in [-0.39, 0.29) is 16.1 Å². The Hall–Kier alpha value is -0.560. The Bertz CT molecular complexity index is 438. The zero-order valence-electron chi connectivity index (χ0n) is 11.1. The Labute approximate surface area is 130 Å². The Morgan fingerprint density at radius 1 is 1.30 bits per heavy atom. The van der Waals surface area contributed by atoms with E-state index in [0.717, 1.165) is 0 Å². The minimum Gasteiger partial charge on any atom is -0.493 e. The zero-order chi connectivity index (χ0) is 15.3. The molecule has 0 amide bonds. The maximum atomic E-state index is 12.1. The van der Waals surface area contributed by atoms with Gasteiger partial charge in [-0.3, -0.25) is 0 Å². The van der Waals surface area contributed by atoms with E-state index < -0.39 is 6.36 Å². The molecule has 0 aliphatic rings. The third kappa shape index (κ3) is 5.83. The van der Waals surface area contributed by atoms with Gasteiger partial charge in [0, 0.05) is 5.92 Å². The predicted octanol–water partition coefficient (Wildman–Crippen LogP) is 4.93. The smallest absolute Gasteiger partial charge is 0.493 e. The monoisotopic (exact) mass is 372 g/mol. The number of rotatable bonds is 6. The topological polar surface area (TPSA) is 18.5 Å². The van der Waals surface area contributed by atoms with Crippen molar-refractivity contribution in [2.45, 2.75) is 20.2 Å². The van der Waals surface area contributed by atoms with Gasteiger partial charge in [-0.15, -0.1) is 13.2 Å². The fourth-order valence-corrected chi connectivity index (χ4v) is 2.40. The lowest BCUT2D eigenvalue weighted by molar-refractivity contribution is -0.274. The van der Waals surface area contributed by atoms with E-state index in [1.165, 1.54) is 18.2 Å². The molecule has 1 aromatic carbocycles. The highest BCUT2D eigenvalue weighted by Crippen LogP contribution is 2.33. The largest absolute Gasteiger partial charge is 0.573 e. The second kappa shape index (κ2) is 7.45. The van der Waals surface area contributed by atoms with Crippen LogP contribution >= 0.6 is 28.6 Å². The van der Waals surface area contributed by atoms with Crippen LogP contribution in [0.4, 0.5) is 13.2 Å². The summed E-state index contributed by atoms with van der Waals surface area (Å²) in [6.07, 6.45) is -4.71. The van der Waals surface area contributed by atoms with Crippen LogP contribution in [0, 0.1) is 11.8 Å². The highest BCUT2D eigenvalue weighted by Gasteiger charge is 2.32. The number of thiol groups is 1. The van der Waals surface area contributed by atoms with Crippen LogP contribution in [0.2, 0.25) is 0 Å². The summed E-state index contributed by atoms with van der Waals surface area (Å²) in [5.74, 6) is 1.58. The van der Waals surface area contributed by atoms with Gasteiger partial charge in [-0.1, -0.05) is 13.8 Å². The molecule has 0 radical (unpaired) electrons. The van der Waals surface area contributed by atoms with Crippen LogP contribution in [-0.2, 0) is 0 Å². The molecule has 0 saturated heterocycles. The fraction of sp³-hybridized carbons (Fsp3) is 0.538. The molecule has 20 heavy (non-hydrogen) atoms. The number of hydrogen-bond acceptors (Lipinski definition) is 3. The maximum Gasteiger partial charge on any atom is 0.573 e. The van der Waals surface area contributed by atoms with E-state index >= 15 is 0 Å². The standard InChI is InChI=1S/C13H16BrF3O2S/c1-8(2)9(7-20)6-18-10-3-4-12(11(14)5-10)19-13(15,16)17/h3-5,8-9,20H,6-7H2,1-2H3. The van der Waals surface area contributed by atoms with E-state index in [2.05, 4.69) is 47.1 Å². The molecule has 0 bridgehead atoms. The Balaban J connectivity index is 2.68. The molecule has 0 aliphatic carbocycles. The molecule has 0 spiro atoms. The Morgan fingerprint density at radius 2 is 1.95 bits per heavy atom. The summed E-state index contributed by atoms with van der Waals surface area (Å²) < 4.78 is 46.0. The van der Waals surface area contributed by atoms with Crippen LogP contribution in [0.3, 0.4) is 0 Å². The van der Waals surface area contributed by atoms with Crippen molar-refractivity contribution >= 4 is 28.6 Å². The summed E-state index contributed by atoms with van der Waals surface area (Å²) in [7, 11) is 0. The summed E-state index contributed by atoms with van der Waals surface area (Å²) >= 11 is 7.28. The van der Waals surface area contributed by atoms with Crippen molar-refractivity contribution in [3.05, 3.63) is 22.7 Å². The average Bonchev–Trinajstić information content (AvgIpc) is 2.31. The molecule has 2 nitrogen and oxygen atoms in total. The third-order valence-electron chi connectivity index (χ3n) is 2.77. The summed E-state index contributed by atoms with van der Waals surface area (Å²) in [5.41, 5.74) is 0. The predicted molar refractivity (Wildman–Crippen MR) is 78.5 cm³/mol. The molecule has 0 saturated carbocycles. The number of alkyl halides is 3. The van der Waals surface area contributed by atoms with Gasteiger partial charge in [0.2, 0.25) is 0 Å². The van der Waals surface area contributed by atoms with Crippen molar-refractivity contribution in [3.8, 4) is 11.5 Å². The van der Waals surface area contributed by atoms with Crippen molar-refractivity contribution in [2.75, 3.05) is 12.4 Å². The van der Waals surface area contributed by atoms with Crippen molar-refractivity contribution in [1.82, 2.24) is 0 Å². The van der Waals surface area contributed by atoms with Crippen LogP contribution in [0.5, 0.6) is 11.5 Å². The molecule has 0 N–H and O–H groups in total. The van der Waals surface area contributed by atoms with E-state index in [1.807, 2.05) is 0 Å². The van der Waals surface area contributed by atoms with Crippen molar-refractivity contribution in [3.63, 3.8) is 0 Å². The number of halogens is 4. The lowest BCUT2D eigenvalue weighted by atomic mass is 9.99. The number of benzene rings is 1. The average molecular weight is 373 g/mol. The highest BCUT2D eigenvalue weighted by atomic mass is 79.9. The first-order valence-electron chi connectivity index (χ1n) is 6.02. The number of ether oxygens (including phenoxy) is 2. The lowest BCUT2D eigenvalue weighted by Gasteiger charge is -2.19. The zero-order valence-corrected chi connectivity index (χ0v) is 13.6. The molecule has 1 atom stereocenters. The minimum absolute atomic E-state index is 0.194. The van der Waals surface area contributed by atoms with Crippen molar-refractivity contribution in [2.24, 2.45) is 11.8 Å². The van der Waals surface area contributed by atoms with Crippen LogP contribution in [-0.4, -0.2) is 18.7 Å². The summed E-state index contributed by atoms with van der Waals surface area (Å²) in [6, 6.07) is 4.12. The van der Waals surface area contributed by atoms with Gasteiger partial charge < -0.3 is 9.47 Å². The molecular formula is C13H16BrF3O2S. The van der Waals surface area contributed by atoms with Crippen molar-refractivity contribution in [1.29, 1.82) is 0 Å². The third-order valence-corrected chi connectivity index (χ3v) is 3.86. The Kier molecular flexibility index (Phi) is 6.51. The normalized spacial score (nSPS) is 13.4. The molecule has 7 heteroatoms. The highest BCUT2D eigenvalue weighted by molar-refractivity contribution is 9.10. The fourth-order valence-electron chi connectivity index (χ4n) is 1.44. The lowest BCUT2D eigenvalue weighted by Crippen LogP contribution is -2.19. The van der Waals surface area contributed by atoms with Crippen molar-refractivity contribution < 1.29 is 22.6 Å². The van der Waals surface area contributed by atoms with Crippen LogP contribution < -0.4 is 9.47 Å². The van der Waals surface area contributed by atoms with Gasteiger partial charge in [0.25, 0.3) is 0 Å². The molecule has 114 valence electrons. The minimum atomic E-state index is -4.71. The molecular weight excluding hydrogens is 357 g/mol. The quantitative estimate of drug-likeness (QED) is 0.713. The van der Waals surface area contributed by atoms with Gasteiger partial charge in [-0.2, -0.15) is 12.6 Å². The van der Waals surface area contributed by atoms with Gasteiger partial charge in [-0.05, 0) is 45.8 Å². The van der Waals surface area contributed by atoms with E-state index in [4.69, 9.17) is 4.74 Å². The Morgan fingerprint density at radius 3 is 2.40 bits per heavy atom. The second-order valence-corrected chi connectivity index (χ2v) is 5.86. The molecule has 1 rings (SSSR count). The SMILES string of the molecule is CC(C)C(CS)COc1ccc(OC(F)(F)F)c(Br)c1. The van der Waals surface area contributed by atoms with E-state index in [0.29, 0.717) is 24.0 Å². The van der Waals surface area contributed by atoms with Crippen LogP contribution in [0.1, 0.15) is 13.8 Å². The summed E-state index contributed by atoms with van der Waals surface area (Å²) in [6.45, 7) is 4.61. The second-order valence-electron chi connectivity index (χ2n) is 4.64. The van der Waals surface area contributed by atoms with Crippen LogP contribution in [0.15, 0.2) is 22.7 Å². The van der Waals surface area contributed by atoms with E-state index in [9.17, 15) is 13.2 Å². The first kappa shape index (κ1) is 17.5. The van der Waals surface area contributed by atoms with Gasteiger partial charge in [0.1, 0.15) is 11.5 Å². The summed E-state index contributed by atoms with van der Waals surface area (Å²) in [4.78, 5) is 0. The molecule has 0 fully saturated rings. The molecule has 0 aliphatic heterocycles. The van der Waals surface area contributed by atoms with Gasteiger partial charge in [-0.25, -0.2) is 0 Å². The summed E-state index contributed by atoms with van der Waals surface area (Å²) in [5, 5.41) is 0. The first-order valence-corrected chi connectivity index (χ1v) is 7.44. The molecule has 1 aromatic rings. The van der Waals surface area contributed by atoms with Gasteiger partial charge in [0.05, 0.1) is 11.1 Å². The first-order chi connectivity index (χ1) is 9.23. The molecule has 1 unspecified atom stereocenters. The molecule has 0 aromatic heterocycles. The van der Waals surface area contributed by atoms with Gasteiger partial charge in [0.15, 0.2) is 0 Å². The van der Waals surface area contributed by atoms with Gasteiger partial charge >= 0.3 is 6.36 Å². The number of hydrogen-bond donors (Lipinski definition) is 1. The molecule has 0 heterocycles. The van der Waals surface area contributed by atoms with Crippen LogP contribution in [0.25, 0.3) is 0 Å². The maximum absolute atomic E-state index is 12.1.